The molecule has 2 N–H and O–H groups in total. The lowest BCUT2D eigenvalue weighted by atomic mass is 9.73. The lowest BCUT2D eigenvalue weighted by molar-refractivity contribution is 0.296. The summed E-state index contributed by atoms with van der Waals surface area (Å²) in [6.07, 6.45) is 7.98. The average Bonchev–Trinajstić information content (AvgIpc) is 3.35. The topological polar surface area (TPSA) is 39.7 Å². The van der Waals surface area contributed by atoms with Crippen LogP contribution in [0.3, 0.4) is 0 Å². The Morgan fingerprint density at radius 2 is 2.16 bits per heavy atom. The van der Waals surface area contributed by atoms with Gasteiger partial charge in [0.25, 0.3) is 0 Å². The maximum atomic E-state index is 4.47. The Bertz CT molecular complexity index is 534. The van der Waals surface area contributed by atoms with Gasteiger partial charge in [-0.2, -0.15) is 0 Å². The van der Waals surface area contributed by atoms with Crippen molar-refractivity contribution in [3.8, 4) is 0 Å². The van der Waals surface area contributed by atoms with Gasteiger partial charge in [-0.3, -0.25) is 4.99 Å². The molecule has 0 amide bonds. The van der Waals surface area contributed by atoms with Crippen LogP contribution in [0.15, 0.2) is 22.5 Å². The molecule has 4 nitrogen and oxygen atoms in total. The maximum Gasteiger partial charge on any atom is 0.191 e. The molecule has 5 heteroatoms. The van der Waals surface area contributed by atoms with Crippen molar-refractivity contribution in [3.05, 3.63) is 22.4 Å². The first-order valence-corrected chi connectivity index (χ1v) is 10.8. The van der Waals surface area contributed by atoms with Gasteiger partial charge in [0.05, 0.1) is 0 Å². The molecule has 25 heavy (non-hydrogen) atoms. The monoisotopic (exact) mass is 362 g/mol. The van der Waals surface area contributed by atoms with Gasteiger partial charge in [-0.1, -0.05) is 32.3 Å². The minimum Gasteiger partial charge on any atom is -0.356 e. The number of thiophene rings is 1. The third-order valence-electron chi connectivity index (χ3n) is 6.05. The van der Waals surface area contributed by atoms with Crippen LogP contribution in [0.4, 0.5) is 0 Å². The largest absolute Gasteiger partial charge is 0.356 e. The minimum atomic E-state index is 0.302. The summed E-state index contributed by atoms with van der Waals surface area (Å²) in [4.78, 5) is 8.55. The second-order valence-electron chi connectivity index (χ2n) is 7.67. The van der Waals surface area contributed by atoms with Gasteiger partial charge in [0.1, 0.15) is 0 Å². The molecule has 140 valence electrons. The van der Waals surface area contributed by atoms with E-state index in [9.17, 15) is 0 Å². The number of guanidine groups is 1. The van der Waals surface area contributed by atoms with Crippen molar-refractivity contribution in [3.63, 3.8) is 0 Å². The Hall–Kier alpha value is -1.07. The zero-order valence-corrected chi connectivity index (χ0v) is 16.7. The Kier molecular flexibility index (Phi) is 6.77. The van der Waals surface area contributed by atoms with E-state index in [0.717, 1.165) is 25.0 Å². The normalized spacial score (nSPS) is 24.4. The summed E-state index contributed by atoms with van der Waals surface area (Å²) in [5.74, 6) is 1.72. The van der Waals surface area contributed by atoms with E-state index in [4.69, 9.17) is 0 Å². The number of rotatable bonds is 6. The van der Waals surface area contributed by atoms with E-state index in [-0.39, 0.29) is 0 Å². The van der Waals surface area contributed by atoms with Crippen molar-refractivity contribution in [2.75, 3.05) is 39.8 Å². The summed E-state index contributed by atoms with van der Waals surface area (Å²) in [6.45, 7) is 7.93. The number of nitrogens with zero attached hydrogens (tertiary/aromatic N) is 2. The van der Waals surface area contributed by atoms with E-state index in [0.29, 0.717) is 5.41 Å². The fourth-order valence-corrected chi connectivity index (χ4v) is 5.39. The van der Waals surface area contributed by atoms with Crippen molar-refractivity contribution in [1.29, 1.82) is 0 Å². The van der Waals surface area contributed by atoms with Crippen molar-refractivity contribution in [2.45, 2.75) is 50.9 Å². The highest BCUT2D eigenvalue weighted by Gasteiger charge is 2.35. The SMILES string of the molecule is CCN1CCC(CNC(=NC)NCC2(c3cccs3)CCCCC2)C1. The summed E-state index contributed by atoms with van der Waals surface area (Å²) in [5.41, 5.74) is 0.302. The van der Waals surface area contributed by atoms with Crippen LogP contribution in [0.25, 0.3) is 0 Å². The first-order valence-electron chi connectivity index (χ1n) is 9.96. The molecule has 1 saturated carbocycles. The van der Waals surface area contributed by atoms with E-state index in [1.165, 1.54) is 58.2 Å². The Balaban J connectivity index is 1.52. The third kappa shape index (κ3) is 4.76. The zero-order chi connectivity index (χ0) is 17.5. The van der Waals surface area contributed by atoms with E-state index in [1.807, 2.05) is 18.4 Å². The summed E-state index contributed by atoms with van der Waals surface area (Å²) < 4.78 is 0. The maximum absolute atomic E-state index is 4.47. The van der Waals surface area contributed by atoms with Crippen molar-refractivity contribution in [2.24, 2.45) is 10.9 Å². The van der Waals surface area contributed by atoms with Crippen LogP contribution in [0, 0.1) is 5.92 Å². The predicted octanol–water partition coefficient (Wildman–Crippen LogP) is 3.46. The number of likely N-dealkylation sites (tertiary alicyclic amines) is 1. The number of hydrogen-bond acceptors (Lipinski definition) is 3. The highest BCUT2D eigenvalue weighted by atomic mass is 32.1. The van der Waals surface area contributed by atoms with Gasteiger partial charge in [0.2, 0.25) is 0 Å². The van der Waals surface area contributed by atoms with E-state index in [1.54, 1.807) is 4.88 Å². The van der Waals surface area contributed by atoms with Crippen LogP contribution >= 0.6 is 11.3 Å². The number of hydrogen-bond donors (Lipinski definition) is 2. The van der Waals surface area contributed by atoms with E-state index >= 15 is 0 Å². The van der Waals surface area contributed by atoms with Crippen LogP contribution in [0.1, 0.15) is 50.3 Å². The summed E-state index contributed by atoms with van der Waals surface area (Å²) >= 11 is 1.92. The zero-order valence-electron chi connectivity index (χ0n) is 15.9. The van der Waals surface area contributed by atoms with Gasteiger partial charge in [-0.05, 0) is 49.7 Å². The van der Waals surface area contributed by atoms with Gasteiger partial charge in [-0.25, -0.2) is 0 Å². The number of aliphatic imine (C=N–C) groups is 1. The Morgan fingerprint density at radius 3 is 2.80 bits per heavy atom. The van der Waals surface area contributed by atoms with Gasteiger partial charge in [0.15, 0.2) is 5.96 Å². The summed E-state index contributed by atoms with van der Waals surface area (Å²) in [6, 6.07) is 4.52. The van der Waals surface area contributed by atoms with Crippen LogP contribution < -0.4 is 10.6 Å². The van der Waals surface area contributed by atoms with Crippen molar-refractivity contribution in [1.82, 2.24) is 15.5 Å². The molecule has 0 spiro atoms. The Morgan fingerprint density at radius 1 is 1.32 bits per heavy atom. The van der Waals surface area contributed by atoms with E-state index < -0.39 is 0 Å². The van der Waals surface area contributed by atoms with Gasteiger partial charge < -0.3 is 15.5 Å². The summed E-state index contributed by atoms with van der Waals surface area (Å²) in [7, 11) is 1.89. The van der Waals surface area contributed by atoms with Crippen LogP contribution in [0.5, 0.6) is 0 Å². The molecular formula is C20H34N4S. The fourth-order valence-electron chi connectivity index (χ4n) is 4.40. The molecule has 2 aliphatic rings. The lowest BCUT2D eigenvalue weighted by Crippen LogP contribution is -2.47. The molecule has 1 aliphatic heterocycles. The molecule has 0 bridgehead atoms. The predicted molar refractivity (Wildman–Crippen MR) is 109 cm³/mol. The second kappa shape index (κ2) is 9.04. The van der Waals surface area contributed by atoms with Crippen LogP contribution in [0.2, 0.25) is 0 Å². The molecule has 1 atom stereocenters. The molecule has 1 aliphatic carbocycles. The standard InChI is InChI=1S/C20H34N4S/c1-3-24-12-9-17(15-24)14-22-19(21-2)23-16-20(10-5-4-6-11-20)18-8-7-13-25-18/h7-8,13,17H,3-6,9-12,14-16H2,1-2H3,(H2,21,22,23). The molecule has 3 rings (SSSR count). The summed E-state index contributed by atoms with van der Waals surface area (Å²) in [5, 5.41) is 9.44. The molecule has 1 unspecified atom stereocenters. The van der Waals surface area contributed by atoms with Crippen LogP contribution in [-0.2, 0) is 5.41 Å². The van der Waals surface area contributed by atoms with Crippen LogP contribution in [-0.4, -0.2) is 50.6 Å². The quantitative estimate of drug-likeness (QED) is 0.601. The molecule has 0 radical (unpaired) electrons. The van der Waals surface area contributed by atoms with Gasteiger partial charge >= 0.3 is 0 Å². The molecule has 1 aromatic rings. The van der Waals surface area contributed by atoms with E-state index in [2.05, 4.69) is 45.0 Å². The Labute approximate surface area is 157 Å². The number of nitrogens with one attached hydrogen (secondary N) is 2. The highest BCUT2D eigenvalue weighted by molar-refractivity contribution is 7.10. The molecule has 2 fully saturated rings. The van der Waals surface area contributed by atoms with Gasteiger partial charge in [0, 0.05) is 37.0 Å². The molecular weight excluding hydrogens is 328 g/mol. The van der Waals surface area contributed by atoms with Crippen molar-refractivity contribution < 1.29 is 0 Å². The second-order valence-corrected chi connectivity index (χ2v) is 8.62. The molecule has 0 aromatic carbocycles. The minimum absolute atomic E-state index is 0.302. The highest BCUT2D eigenvalue weighted by Crippen LogP contribution is 2.41. The van der Waals surface area contributed by atoms with Crippen molar-refractivity contribution >= 4 is 17.3 Å². The molecule has 2 heterocycles. The molecule has 1 saturated heterocycles. The fraction of sp³-hybridized carbons (Fsp3) is 0.750. The average molecular weight is 363 g/mol. The first-order chi connectivity index (χ1) is 12.3. The molecule has 1 aromatic heterocycles. The lowest BCUT2D eigenvalue weighted by Gasteiger charge is -2.37. The first kappa shape index (κ1) is 18.7. The van der Waals surface area contributed by atoms with Gasteiger partial charge in [-0.15, -0.1) is 11.3 Å². The third-order valence-corrected chi connectivity index (χ3v) is 7.16. The smallest absolute Gasteiger partial charge is 0.191 e.